The molecule has 2 N–H and O–H groups in total. The molecule has 0 aliphatic heterocycles. The first-order valence-corrected chi connectivity index (χ1v) is 5.45. The molecule has 0 saturated heterocycles. The van der Waals surface area contributed by atoms with E-state index in [0.29, 0.717) is 5.82 Å². The van der Waals surface area contributed by atoms with Crippen molar-refractivity contribution in [3.8, 4) is 0 Å². The molecule has 0 aliphatic rings. The molecule has 0 bridgehead atoms. The van der Waals surface area contributed by atoms with Crippen molar-refractivity contribution < 1.29 is 9.90 Å². The SMILES string of the molecule is C[C@@H](c1nn[nH]n1)N(Cc1ccccc1)C(=O)O. The van der Waals surface area contributed by atoms with Crippen molar-refractivity contribution in [1.82, 2.24) is 25.5 Å². The first kappa shape index (κ1) is 12.0. The smallest absolute Gasteiger partial charge is 0.408 e. The number of nitrogens with one attached hydrogen (secondary N) is 1. The predicted molar refractivity (Wildman–Crippen MR) is 62.6 cm³/mol. The second-order valence-electron chi connectivity index (χ2n) is 3.84. The third-order valence-corrected chi connectivity index (χ3v) is 2.64. The molecule has 0 saturated carbocycles. The third-order valence-electron chi connectivity index (χ3n) is 2.64. The Bertz CT molecular complexity index is 499. The van der Waals surface area contributed by atoms with Gasteiger partial charge in [0.15, 0.2) is 5.82 Å². The first-order chi connectivity index (χ1) is 8.68. The summed E-state index contributed by atoms with van der Waals surface area (Å²) < 4.78 is 0. The summed E-state index contributed by atoms with van der Waals surface area (Å²) in [7, 11) is 0. The van der Waals surface area contributed by atoms with Crippen LogP contribution in [0.1, 0.15) is 24.4 Å². The van der Waals surface area contributed by atoms with Crippen LogP contribution in [0, 0.1) is 0 Å². The van der Waals surface area contributed by atoms with Gasteiger partial charge in [0.25, 0.3) is 0 Å². The van der Waals surface area contributed by atoms with Crippen molar-refractivity contribution >= 4 is 6.09 Å². The maximum Gasteiger partial charge on any atom is 0.408 e. The Labute approximate surface area is 103 Å². The van der Waals surface area contributed by atoms with Gasteiger partial charge in [0.1, 0.15) is 0 Å². The number of nitrogens with zero attached hydrogens (tertiary/aromatic N) is 4. The topological polar surface area (TPSA) is 95.0 Å². The van der Waals surface area contributed by atoms with Crippen molar-refractivity contribution in [2.24, 2.45) is 0 Å². The molecule has 2 aromatic rings. The molecule has 1 heterocycles. The predicted octanol–water partition coefficient (Wildman–Crippen LogP) is 1.44. The summed E-state index contributed by atoms with van der Waals surface area (Å²) in [4.78, 5) is 12.5. The standard InChI is InChI=1S/C11H13N5O2/c1-8(10-12-14-15-13-10)16(11(17)18)7-9-5-3-2-4-6-9/h2-6,8H,7H2,1H3,(H,17,18)(H,12,13,14,15)/t8-/m0/s1. The third kappa shape index (κ3) is 2.62. The van der Waals surface area contributed by atoms with Crippen LogP contribution in [0.2, 0.25) is 0 Å². The molecule has 1 aromatic heterocycles. The first-order valence-electron chi connectivity index (χ1n) is 5.45. The number of carbonyl (C=O) groups is 1. The summed E-state index contributed by atoms with van der Waals surface area (Å²) >= 11 is 0. The van der Waals surface area contributed by atoms with E-state index in [4.69, 9.17) is 0 Å². The van der Waals surface area contributed by atoms with E-state index in [1.807, 2.05) is 30.3 Å². The van der Waals surface area contributed by atoms with Gasteiger partial charge < -0.3 is 5.11 Å². The molecule has 0 fully saturated rings. The lowest BCUT2D eigenvalue weighted by Gasteiger charge is -2.24. The van der Waals surface area contributed by atoms with Gasteiger partial charge in [0.2, 0.25) is 0 Å². The van der Waals surface area contributed by atoms with E-state index in [1.54, 1.807) is 6.92 Å². The maximum atomic E-state index is 11.3. The van der Waals surface area contributed by atoms with Crippen molar-refractivity contribution in [2.45, 2.75) is 19.5 Å². The number of H-pyrrole nitrogens is 1. The number of hydrogen-bond acceptors (Lipinski definition) is 4. The highest BCUT2D eigenvalue weighted by atomic mass is 16.4. The minimum atomic E-state index is -1.02. The largest absolute Gasteiger partial charge is 0.465 e. The fourth-order valence-corrected chi connectivity index (χ4v) is 1.64. The van der Waals surface area contributed by atoms with Crippen LogP contribution in [0.3, 0.4) is 0 Å². The number of aromatic amines is 1. The van der Waals surface area contributed by atoms with E-state index in [0.717, 1.165) is 5.56 Å². The van der Waals surface area contributed by atoms with Gasteiger partial charge in [0.05, 0.1) is 6.04 Å². The molecular weight excluding hydrogens is 234 g/mol. The van der Waals surface area contributed by atoms with E-state index in [1.165, 1.54) is 4.90 Å². The average Bonchev–Trinajstić information content (AvgIpc) is 2.90. The van der Waals surface area contributed by atoms with Crippen molar-refractivity contribution in [3.05, 3.63) is 41.7 Å². The molecule has 0 radical (unpaired) electrons. The monoisotopic (exact) mass is 247 g/mol. The Balaban J connectivity index is 2.16. The van der Waals surface area contributed by atoms with Gasteiger partial charge in [0, 0.05) is 6.54 Å². The van der Waals surface area contributed by atoms with E-state index in [-0.39, 0.29) is 6.54 Å². The quantitative estimate of drug-likeness (QED) is 0.852. The van der Waals surface area contributed by atoms with Crippen LogP contribution in [0.5, 0.6) is 0 Å². The highest BCUT2D eigenvalue weighted by Gasteiger charge is 2.24. The second-order valence-corrected chi connectivity index (χ2v) is 3.84. The van der Waals surface area contributed by atoms with Gasteiger partial charge in [-0.3, -0.25) is 4.90 Å². The van der Waals surface area contributed by atoms with Crippen LogP contribution in [0.25, 0.3) is 0 Å². The van der Waals surface area contributed by atoms with Crippen LogP contribution in [0.15, 0.2) is 30.3 Å². The van der Waals surface area contributed by atoms with Crippen LogP contribution >= 0.6 is 0 Å². The van der Waals surface area contributed by atoms with Crippen LogP contribution in [0.4, 0.5) is 4.79 Å². The van der Waals surface area contributed by atoms with E-state index < -0.39 is 12.1 Å². The number of benzene rings is 1. The maximum absolute atomic E-state index is 11.3. The molecule has 0 spiro atoms. The lowest BCUT2D eigenvalue weighted by Crippen LogP contribution is -2.32. The lowest BCUT2D eigenvalue weighted by atomic mass is 10.2. The highest BCUT2D eigenvalue weighted by Crippen LogP contribution is 2.18. The summed E-state index contributed by atoms with van der Waals surface area (Å²) in [5, 5.41) is 22.6. The number of rotatable bonds is 4. The zero-order chi connectivity index (χ0) is 13.0. The van der Waals surface area contributed by atoms with E-state index in [9.17, 15) is 9.90 Å². The molecule has 0 unspecified atom stereocenters. The average molecular weight is 247 g/mol. The minimum absolute atomic E-state index is 0.284. The summed E-state index contributed by atoms with van der Waals surface area (Å²) in [5.41, 5.74) is 0.912. The molecule has 0 aliphatic carbocycles. The summed E-state index contributed by atoms with van der Waals surface area (Å²) in [6.45, 7) is 2.01. The number of carboxylic acid groups (broad SMARTS) is 1. The number of hydrogen-bond donors (Lipinski definition) is 2. The normalized spacial score (nSPS) is 12.1. The van der Waals surface area contributed by atoms with Gasteiger partial charge >= 0.3 is 6.09 Å². The Morgan fingerprint density at radius 3 is 2.72 bits per heavy atom. The summed E-state index contributed by atoms with van der Waals surface area (Å²) in [5.74, 6) is 0.355. The van der Waals surface area contributed by atoms with Crippen LogP contribution < -0.4 is 0 Å². The zero-order valence-electron chi connectivity index (χ0n) is 9.82. The molecule has 1 aromatic carbocycles. The number of tetrazole rings is 1. The second kappa shape index (κ2) is 5.26. The van der Waals surface area contributed by atoms with Crippen molar-refractivity contribution in [2.75, 3.05) is 0 Å². The van der Waals surface area contributed by atoms with Crippen molar-refractivity contribution in [1.29, 1.82) is 0 Å². The molecule has 7 heteroatoms. The fourth-order valence-electron chi connectivity index (χ4n) is 1.64. The molecule has 94 valence electrons. The van der Waals surface area contributed by atoms with Gasteiger partial charge in [-0.2, -0.15) is 5.21 Å². The molecular formula is C11H13N5O2. The summed E-state index contributed by atoms with van der Waals surface area (Å²) in [6.07, 6.45) is -1.02. The molecule has 18 heavy (non-hydrogen) atoms. The van der Waals surface area contributed by atoms with Gasteiger partial charge in [-0.05, 0) is 12.5 Å². The van der Waals surface area contributed by atoms with Crippen molar-refractivity contribution in [3.63, 3.8) is 0 Å². The number of aromatic nitrogens is 4. The lowest BCUT2D eigenvalue weighted by molar-refractivity contribution is 0.122. The van der Waals surface area contributed by atoms with Gasteiger partial charge in [-0.15, -0.1) is 10.2 Å². The Morgan fingerprint density at radius 1 is 1.44 bits per heavy atom. The molecule has 1 atom stereocenters. The molecule has 2 rings (SSSR count). The molecule has 7 nitrogen and oxygen atoms in total. The highest BCUT2D eigenvalue weighted by molar-refractivity contribution is 5.65. The minimum Gasteiger partial charge on any atom is -0.465 e. The van der Waals surface area contributed by atoms with Crippen LogP contribution in [-0.4, -0.2) is 36.7 Å². The van der Waals surface area contributed by atoms with Gasteiger partial charge in [-0.25, -0.2) is 4.79 Å². The van der Waals surface area contributed by atoms with E-state index in [2.05, 4.69) is 20.6 Å². The Morgan fingerprint density at radius 2 is 2.17 bits per heavy atom. The summed E-state index contributed by atoms with van der Waals surface area (Å²) in [6, 6.07) is 8.92. The van der Waals surface area contributed by atoms with Gasteiger partial charge in [-0.1, -0.05) is 35.5 Å². The molecule has 1 amide bonds. The Hall–Kier alpha value is -2.44. The van der Waals surface area contributed by atoms with E-state index >= 15 is 0 Å². The Kier molecular flexibility index (Phi) is 3.52. The zero-order valence-corrected chi connectivity index (χ0v) is 9.82. The number of amides is 1. The van der Waals surface area contributed by atoms with Crippen LogP contribution in [-0.2, 0) is 6.54 Å². The fraction of sp³-hybridized carbons (Fsp3) is 0.273.